The Kier molecular flexibility index (Phi) is 4.28. The van der Waals surface area contributed by atoms with E-state index in [1.165, 1.54) is 6.33 Å². The van der Waals surface area contributed by atoms with Gasteiger partial charge >= 0.3 is 0 Å². The van der Waals surface area contributed by atoms with Crippen LogP contribution in [-0.2, 0) is 6.54 Å². The third-order valence-electron chi connectivity index (χ3n) is 2.75. The van der Waals surface area contributed by atoms with Crippen LogP contribution in [0, 0.1) is 13.8 Å². The minimum atomic E-state index is 0.596. The van der Waals surface area contributed by atoms with Crippen molar-refractivity contribution < 1.29 is 4.74 Å². The van der Waals surface area contributed by atoms with Gasteiger partial charge in [-0.3, -0.25) is 4.98 Å². The predicted octanol–water partition coefficient (Wildman–Crippen LogP) is 2.50. The van der Waals surface area contributed by atoms with Gasteiger partial charge in [0.2, 0.25) is 5.88 Å². The minimum absolute atomic E-state index is 0.596. The molecule has 0 atom stereocenters. The SMILES string of the molecule is CCOc1ncnc(NCc2ccc(C)nc2)c1C. The second-order valence-corrected chi connectivity index (χ2v) is 4.25. The molecule has 100 valence electrons. The highest BCUT2D eigenvalue weighted by atomic mass is 16.5. The third kappa shape index (κ3) is 3.40. The summed E-state index contributed by atoms with van der Waals surface area (Å²) in [5.74, 6) is 1.42. The average molecular weight is 258 g/mol. The second kappa shape index (κ2) is 6.13. The molecule has 0 fully saturated rings. The lowest BCUT2D eigenvalue weighted by Crippen LogP contribution is -2.06. The Bertz CT molecular complexity index is 540. The summed E-state index contributed by atoms with van der Waals surface area (Å²) in [5, 5.41) is 3.28. The number of nitrogens with one attached hydrogen (secondary N) is 1. The quantitative estimate of drug-likeness (QED) is 0.892. The molecular formula is C14H18N4O. The topological polar surface area (TPSA) is 59.9 Å². The van der Waals surface area contributed by atoms with E-state index in [4.69, 9.17) is 4.74 Å². The molecule has 2 heterocycles. The van der Waals surface area contributed by atoms with Gasteiger partial charge in [0.05, 0.1) is 12.2 Å². The number of rotatable bonds is 5. The molecule has 0 bridgehead atoms. The molecule has 0 saturated carbocycles. The lowest BCUT2D eigenvalue weighted by molar-refractivity contribution is 0.324. The van der Waals surface area contributed by atoms with Crippen LogP contribution < -0.4 is 10.1 Å². The first-order valence-electron chi connectivity index (χ1n) is 6.30. The highest BCUT2D eigenvalue weighted by molar-refractivity contribution is 5.47. The summed E-state index contributed by atoms with van der Waals surface area (Å²) in [7, 11) is 0. The molecular weight excluding hydrogens is 240 g/mol. The van der Waals surface area contributed by atoms with Gasteiger partial charge in [-0.05, 0) is 32.4 Å². The van der Waals surface area contributed by atoms with E-state index in [1.54, 1.807) is 0 Å². The zero-order chi connectivity index (χ0) is 13.7. The van der Waals surface area contributed by atoms with Crippen LogP contribution in [0.5, 0.6) is 5.88 Å². The normalized spacial score (nSPS) is 10.3. The summed E-state index contributed by atoms with van der Waals surface area (Å²) in [6, 6.07) is 4.05. The molecule has 0 aromatic carbocycles. The largest absolute Gasteiger partial charge is 0.478 e. The van der Waals surface area contributed by atoms with Gasteiger partial charge in [-0.15, -0.1) is 0 Å². The average Bonchev–Trinajstić information content (AvgIpc) is 2.42. The molecule has 1 N–H and O–H groups in total. The Morgan fingerprint density at radius 3 is 2.68 bits per heavy atom. The summed E-state index contributed by atoms with van der Waals surface area (Å²) in [5.41, 5.74) is 3.05. The Labute approximate surface area is 113 Å². The third-order valence-corrected chi connectivity index (χ3v) is 2.75. The van der Waals surface area contributed by atoms with E-state index in [9.17, 15) is 0 Å². The van der Waals surface area contributed by atoms with E-state index < -0.39 is 0 Å². The molecule has 0 amide bonds. The fourth-order valence-corrected chi connectivity index (χ4v) is 1.68. The van der Waals surface area contributed by atoms with Gasteiger partial charge in [-0.25, -0.2) is 9.97 Å². The first kappa shape index (κ1) is 13.3. The van der Waals surface area contributed by atoms with E-state index >= 15 is 0 Å². The Morgan fingerprint density at radius 2 is 2.00 bits per heavy atom. The molecule has 2 aromatic rings. The summed E-state index contributed by atoms with van der Waals surface area (Å²) in [4.78, 5) is 12.6. The maximum absolute atomic E-state index is 5.44. The monoisotopic (exact) mass is 258 g/mol. The van der Waals surface area contributed by atoms with Crippen molar-refractivity contribution >= 4 is 5.82 Å². The molecule has 0 aliphatic rings. The number of ether oxygens (including phenoxy) is 1. The van der Waals surface area contributed by atoms with Crippen LogP contribution in [0.15, 0.2) is 24.7 Å². The molecule has 2 rings (SSSR count). The highest BCUT2D eigenvalue weighted by Gasteiger charge is 2.07. The molecule has 0 spiro atoms. The van der Waals surface area contributed by atoms with Crippen molar-refractivity contribution in [3.05, 3.63) is 41.5 Å². The summed E-state index contributed by atoms with van der Waals surface area (Å²) in [6.07, 6.45) is 3.37. The molecule has 19 heavy (non-hydrogen) atoms. The second-order valence-electron chi connectivity index (χ2n) is 4.25. The van der Waals surface area contributed by atoms with E-state index in [0.717, 1.165) is 22.6 Å². The van der Waals surface area contributed by atoms with Crippen LogP contribution in [0.3, 0.4) is 0 Å². The number of anilines is 1. The van der Waals surface area contributed by atoms with E-state index in [0.29, 0.717) is 19.0 Å². The minimum Gasteiger partial charge on any atom is -0.478 e. The van der Waals surface area contributed by atoms with Gasteiger partial charge < -0.3 is 10.1 Å². The van der Waals surface area contributed by atoms with Crippen LogP contribution in [0.25, 0.3) is 0 Å². The van der Waals surface area contributed by atoms with Gasteiger partial charge in [-0.1, -0.05) is 6.07 Å². The summed E-state index contributed by atoms with van der Waals surface area (Å²) < 4.78 is 5.44. The number of nitrogens with zero attached hydrogens (tertiary/aromatic N) is 3. The van der Waals surface area contributed by atoms with Crippen LogP contribution in [0.1, 0.15) is 23.7 Å². The zero-order valence-electron chi connectivity index (χ0n) is 11.5. The van der Waals surface area contributed by atoms with Crippen LogP contribution in [-0.4, -0.2) is 21.6 Å². The van der Waals surface area contributed by atoms with E-state index in [2.05, 4.69) is 26.3 Å². The Morgan fingerprint density at radius 1 is 1.16 bits per heavy atom. The molecule has 0 aliphatic carbocycles. The van der Waals surface area contributed by atoms with Crippen molar-refractivity contribution in [2.45, 2.75) is 27.3 Å². The number of aromatic nitrogens is 3. The van der Waals surface area contributed by atoms with Gasteiger partial charge in [0, 0.05) is 18.4 Å². The lowest BCUT2D eigenvalue weighted by Gasteiger charge is -2.11. The highest BCUT2D eigenvalue weighted by Crippen LogP contribution is 2.20. The molecule has 0 radical (unpaired) electrons. The fraction of sp³-hybridized carbons (Fsp3) is 0.357. The van der Waals surface area contributed by atoms with E-state index in [-0.39, 0.29) is 0 Å². The van der Waals surface area contributed by atoms with Crippen molar-refractivity contribution in [2.24, 2.45) is 0 Å². The van der Waals surface area contributed by atoms with E-state index in [1.807, 2.05) is 33.0 Å². The van der Waals surface area contributed by atoms with Gasteiger partial charge in [0.15, 0.2) is 0 Å². The molecule has 0 saturated heterocycles. The van der Waals surface area contributed by atoms with Gasteiger partial charge in [0.1, 0.15) is 12.1 Å². The number of pyridine rings is 1. The maximum atomic E-state index is 5.44. The summed E-state index contributed by atoms with van der Waals surface area (Å²) >= 11 is 0. The first-order chi connectivity index (χ1) is 9.20. The molecule has 5 nitrogen and oxygen atoms in total. The maximum Gasteiger partial charge on any atom is 0.221 e. The van der Waals surface area contributed by atoms with Crippen LogP contribution in [0.4, 0.5) is 5.82 Å². The van der Waals surface area contributed by atoms with Crippen molar-refractivity contribution in [2.75, 3.05) is 11.9 Å². The smallest absolute Gasteiger partial charge is 0.221 e. The number of aryl methyl sites for hydroxylation is 1. The number of hydrogen-bond donors (Lipinski definition) is 1. The predicted molar refractivity (Wildman–Crippen MR) is 74.2 cm³/mol. The van der Waals surface area contributed by atoms with Gasteiger partial charge in [0.25, 0.3) is 0 Å². The van der Waals surface area contributed by atoms with Crippen LogP contribution >= 0.6 is 0 Å². The standard InChI is InChI=1S/C14H18N4O/c1-4-19-14-11(3)13(17-9-18-14)16-8-12-6-5-10(2)15-7-12/h5-7,9H,4,8H2,1-3H3,(H,16,17,18). The van der Waals surface area contributed by atoms with Crippen LogP contribution in [0.2, 0.25) is 0 Å². The lowest BCUT2D eigenvalue weighted by atomic mass is 10.2. The van der Waals surface area contributed by atoms with Crippen molar-refractivity contribution in [3.8, 4) is 5.88 Å². The molecule has 2 aromatic heterocycles. The zero-order valence-corrected chi connectivity index (χ0v) is 11.5. The van der Waals surface area contributed by atoms with Crippen molar-refractivity contribution in [3.63, 3.8) is 0 Å². The molecule has 0 aliphatic heterocycles. The molecule has 5 heteroatoms. The van der Waals surface area contributed by atoms with Gasteiger partial charge in [-0.2, -0.15) is 0 Å². The molecule has 0 unspecified atom stereocenters. The fourth-order valence-electron chi connectivity index (χ4n) is 1.68. The number of hydrogen-bond acceptors (Lipinski definition) is 5. The Hall–Kier alpha value is -2.17. The first-order valence-corrected chi connectivity index (χ1v) is 6.30. The van der Waals surface area contributed by atoms with Crippen molar-refractivity contribution in [1.82, 2.24) is 15.0 Å². The Balaban J connectivity index is 2.07. The summed E-state index contributed by atoms with van der Waals surface area (Å²) in [6.45, 7) is 7.13. The van der Waals surface area contributed by atoms with Crippen molar-refractivity contribution in [1.29, 1.82) is 0 Å².